The maximum Gasteiger partial charge on any atom is 0.417 e. The van der Waals surface area contributed by atoms with Crippen molar-refractivity contribution in [2.24, 2.45) is 4.99 Å². The van der Waals surface area contributed by atoms with Crippen LogP contribution in [0.3, 0.4) is 0 Å². The number of rotatable bonds is 4. The van der Waals surface area contributed by atoms with Gasteiger partial charge >= 0.3 is 6.18 Å². The summed E-state index contributed by atoms with van der Waals surface area (Å²) in [4.78, 5) is 5.91. The van der Waals surface area contributed by atoms with Gasteiger partial charge in [-0.15, -0.1) is 0 Å². The molecule has 0 aliphatic carbocycles. The van der Waals surface area contributed by atoms with E-state index in [2.05, 4.69) is 4.99 Å². The first-order chi connectivity index (χ1) is 12.7. The summed E-state index contributed by atoms with van der Waals surface area (Å²) in [5.74, 6) is 0. The van der Waals surface area contributed by atoms with Gasteiger partial charge in [-0.2, -0.15) is 13.2 Å². The number of alkyl halides is 3. The molecule has 6 atom stereocenters. The Hall–Kier alpha value is -1.33. The molecule has 2 aliphatic heterocycles. The van der Waals surface area contributed by atoms with Crippen molar-refractivity contribution in [2.75, 3.05) is 14.1 Å². The molecule has 6 unspecified atom stereocenters. The number of aliphatic hydroxyl groups is 2. The lowest BCUT2D eigenvalue weighted by Crippen LogP contribution is -2.61. The van der Waals surface area contributed by atoms with Crippen molar-refractivity contribution < 1.29 is 32.9 Å². The number of benzene rings is 1. The number of amidine groups is 1. The lowest BCUT2D eigenvalue weighted by Gasteiger charge is -2.41. The van der Waals surface area contributed by atoms with E-state index < -0.39 is 42.1 Å². The van der Waals surface area contributed by atoms with E-state index in [-0.39, 0.29) is 6.61 Å². The highest BCUT2D eigenvalue weighted by atomic mass is 32.2. The first kappa shape index (κ1) is 20.4. The standard InChI is InChI=1S/C17H21F3N2O4S/c1-22(2)16-21-10-11(23)12(24)13(26-15(10)27-16)14(17(18,19)20)25-8-9-6-4-3-5-7-9/h3-7,10-15,23-24H,8H2,1-2H3. The van der Waals surface area contributed by atoms with Crippen molar-refractivity contribution in [1.82, 2.24) is 4.90 Å². The summed E-state index contributed by atoms with van der Waals surface area (Å²) in [5.41, 5.74) is -0.264. The van der Waals surface area contributed by atoms with Gasteiger partial charge in [-0.1, -0.05) is 42.1 Å². The molecule has 10 heteroatoms. The maximum atomic E-state index is 13.6. The highest BCUT2D eigenvalue weighted by Crippen LogP contribution is 2.40. The molecule has 1 aromatic rings. The van der Waals surface area contributed by atoms with E-state index in [4.69, 9.17) is 9.47 Å². The normalized spacial score (nSPS) is 32.0. The van der Waals surface area contributed by atoms with Gasteiger partial charge in [0.25, 0.3) is 0 Å². The Morgan fingerprint density at radius 1 is 1.22 bits per heavy atom. The first-order valence-corrected chi connectivity index (χ1v) is 9.22. The van der Waals surface area contributed by atoms with Crippen LogP contribution in [-0.4, -0.2) is 76.4 Å². The van der Waals surface area contributed by atoms with E-state index in [1.54, 1.807) is 49.3 Å². The van der Waals surface area contributed by atoms with Crippen molar-refractivity contribution in [1.29, 1.82) is 0 Å². The summed E-state index contributed by atoms with van der Waals surface area (Å²) < 4.78 is 51.5. The molecule has 6 nitrogen and oxygen atoms in total. The van der Waals surface area contributed by atoms with Crippen LogP contribution in [0.4, 0.5) is 13.2 Å². The van der Waals surface area contributed by atoms with Crippen LogP contribution >= 0.6 is 11.8 Å². The van der Waals surface area contributed by atoms with Gasteiger partial charge in [0, 0.05) is 14.1 Å². The van der Waals surface area contributed by atoms with Crippen LogP contribution in [0, 0.1) is 0 Å². The molecule has 0 spiro atoms. The van der Waals surface area contributed by atoms with E-state index in [0.717, 1.165) is 11.8 Å². The minimum atomic E-state index is -4.78. The minimum absolute atomic E-state index is 0.297. The van der Waals surface area contributed by atoms with Gasteiger partial charge in [0.15, 0.2) is 11.3 Å². The van der Waals surface area contributed by atoms with Crippen LogP contribution in [0.25, 0.3) is 0 Å². The number of aliphatic imine (C=N–C) groups is 1. The van der Waals surface area contributed by atoms with Crippen LogP contribution in [0.15, 0.2) is 35.3 Å². The SMILES string of the molecule is CN(C)C1=NC2C(OC(C(OCc3ccccc3)C(F)(F)F)C(O)C2O)S1. The average molecular weight is 406 g/mol. The Morgan fingerprint density at radius 2 is 1.89 bits per heavy atom. The molecule has 0 aromatic heterocycles. The lowest BCUT2D eigenvalue weighted by atomic mass is 9.94. The Labute approximate surface area is 159 Å². The summed E-state index contributed by atoms with van der Waals surface area (Å²) in [6.07, 6.45) is -12.2. The fraction of sp³-hybridized carbons (Fsp3) is 0.588. The molecule has 0 amide bonds. The number of hydrogen-bond acceptors (Lipinski definition) is 7. The molecule has 1 aromatic carbocycles. The predicted octanol–water partition coefficient (Wildman–Crippen LogP) is 1.61. The molecular weight excluding hydrogens is 385 g/mol. The number of thioether (sulfide) groups is 1. The van der Waals surface area contributed by atoms with E-state index in [1.807, 2.05) is 0 Å². The monoisotopic (exact) mass is 406 g/mol. The second kappa shape index (κ2) is 7.96. The van der Waals surface area contributed by atoms with E-state index in [1.165, 1.54) is 0 Å². The van der Waals surface area contributed by atoms with Crippen molar-refractivity contribution in [3.8, 4) is 0 Å². The third-order valence-electron chi connectivity index (χ3n) is 4.36. The molecule has 0 saturated carbocycles. The molecule has 2 N–H and O–H groups in total. The lowest BCUT2D eigenvalue weighted by molar-refractivity contribution is -0.286. The van der Waals surface area contributed by atoms with Crippen LogP contribution in [0.1, 0.15) is 5.56 Å². The summed E-state index contributed by atoms with van der Waals surface area (Å²) >= 11 is 1.11. The molecular formula is C17H21F3N2O4S. The van der Waals surface area contributed by atoms with E-state index in [9.17, 15) is 23.4 Å². The molecule has 0 radical (unpaired) electrons. The molecule has 0 bridgehead atoms. The minimum Gasteiger partial charge on any atom is -0.388 e. The number of halogens is 3. The van der Waals surface area contributed by atoms with Gasteiger partial charge < -0.3 is 24.6 Å². The fourth-order valence-electron chi connectivity index (χ4n) is 2.98. The smallest absolute Gasteiger partial charge is 0.388 e. The average Bonchev–Trinajstić information content (AvgIpc) is 3.03. The van der Waals surface area contributed by atoms with Crippen LogP contribution < -0.4 is 0 Å². The predicted molar refractivity (Wildman–Crippen MR) is 94.2 cm³/mol. The molecule has 3 rings (SSSR count). The fourth-order valence-corrected chi connectivity index (χ4v) is 4.12. The first-order valence-electron chi connectivity index (χ1n) is 8.34. The van der Waals surface area contributed by atoms with Crippen LogP contribution in [0.5, 0.6) is 0 Å². The van der Waals surface area contributed by atoms with Gasteiger partial charge in [0.2, 0.25) is 0 Å². The number of nitrogens with zero attached hydrogens (tertiary/aromatic N) is 2. The van der Waals surface area contributed by atoms with Gasteiger partial charge in [-0.05, 0) is 5.56 Å². The van der Waals surface area contributed by atoms with E-state index >= 15 is 0 Å². The number of aliphatic hydroxyl groups excluding tert-OH is 2. The van der Waals surface area contributed by atoms with Crippen molar-refractivity contribution in [3.63, 3.8) is 0 Å². The largest absolute Gasteiger partial charge is 0.417 e. The highest BCUT2D eigenvalue weighted by Gasteiger charge is 2.57. The Balaban J connectivity index is 1.77. The molecule has 27 heavy (non-hydrogen) atoms. The zero-order chi connectivity index (χ0) is 19.8. The number of hydrogen-bond donors (Lipinski definition) is 2. The Morgan fingerprint density at radius 3 is 2.48 bits per heavy atom. The van der Waals surface area contributed by atoms with Crippen LogP contribution in [-0.2, 0) is 16.1 Å². The molecule has 2 aliphatic rings. The molecule has 1 fully saturated rings. The number of fused-ring (bicyclic) bond motifs is 1. The summed E-state index contributed by atoms with van der Waals surface area (Å²) in [7, 11) is 3.45. The summed E-state index contributed by atoms with van der Waals surface area (Å²) in [6.45, 7) is -0.297. The second-order valence-corrected chi connectivity index (χ2v) is 7.69. The van der Waals surface area contributed by atoms with Crippen molar-refractivity contribution in [2.45, 2.75) is 48.7 Å². The summed E-state index contributed by atoms with van der Waals surface area (Å²) in [5, 5.41) is 21.1. The van der Waals surface area contributed by atoms with Gasteiger partial charge in [0.1, 0.15) is 29.8 Å². The maximum absolute atomic E-state index is 13.6. The molecule has 1 saturated heterocycles. The van der Waals surface area contributed by atoms with Gasteiger partial charge in [-0.25, -0.2) is 0 Å². The quantitative estimate of drug-likeness (QED) is 0.792. The van der Waals surface area contributed by atoms with Gasteiger partial charge in [-0.3, -0.25) is 4.99 Å². The topological polar surface area (TPSA) is 74.5 Å². The zero-order valence-electron chi connectivity index (χ0n) is 14.7. The Bertz CT molecular complexity index is 674. The third-order valence-corrected chi connectivity index (χ3v) is 5.67. The second-order valence-electron chi connectivity index (χ2n) is 6.62. The third kappa shape index (κ3) is 4.40. The van der Waals surface area contributed by atoms with Crippen molar-refractivity contribution >= 4 is 16.9 Å². The molecule has 150 valence electrons. The molecule has 2 heterocycles. The van der Waals surface area contributed by atoms with Crippen molar-refractivity contribution in [3.05, 3.63) is 35.9 Å². The van der Waals surface area contributed by atoms with Gasteiger partial charge in [0.05, 0.1) is 6.61 Å². The Kier molecular flexibility index (Phi) is 6.02. The number of ether oxygens (including phenoxy) is 2. The van der Waals surface area contributed by atoms with Crippen LogP contribution in [0.2, 0.25) is 0 Å². The highest BCUT2D eigenvalue weighted by molar-refractivity contribution is 8.14. The zero-order valence-corrected chi connectivity index (χ0v) is 15.5. The van der Waals surface area contributed by atoms with E-state index in [0.29, 0.717) is 10.7 Å². The summed E-state index contributed by atoms with van der Waals surface area (Å²) in [6, 6.07) is 7.57.